The first kappa shape index (κ1) is 19.2. The highest BCUT2D eigenvalue weighted by Crippen LogP contribution is 2.42. The highest BCUT2D eigenvalue weighted by molar-refractivity contribution is 7.92. The van der Waals surface area contributed by atoms with Crippen molar-refractivity contribution in [3.05, 3.63) is 65.0 Å². The van der Waals surface area contributed by atoms with E-state index < -0.39 is 60.7 Å². The molecule has 3 nitrogen and oxygen atoms in total. The molecule has 0 aliphatic heterocycles. The first-order valence-corrected chi connectivity index (χ1v) is 7.79. The zero-order valence-electron chi connectivity index (χ0n) is 11.8. The highest BCUT2D eigenvalue weighted by Gasteiger charge is 2.55. The van der Waals surface area contributed by atoms with Gasteiger partial charge in [0.1, 0.15) is 0 Å². The van der Waals surface area contributed by atoms with E-state index in [1.807, 2.05) is 0 Å². The maximum atomic E-state index is 14.2. The molecular weight excluding hydrogens is 381 g/mol. The van der Waals surface area contributed by atoms with Gasteiger partial charge in [-0.15, -0.1) is 0 Å². The van der Waals surface area contributed by atoms with Gasteiger partial charge in [-0.2, -0.15) is 8.78 Å². The van der Waals surface area contributed by atoms with E-state index in [-0.39, 0.29) is 0 Å². The van der Waals surface area contributed by atoms with Gasteiger partial charge in [0.15, 0.2) is 29.4 Å². The van der Waals surface area contributed by atoms with Crippen molar-refractivity contribution in [1.82, 2.24) is 0 Å². The fraction of sp³-hybridized carbons (Fsp3) is 0.143. The molecular formula is C14H7F7O3S. The fourth-order valence-corrected chi connectivity index (χ4v) is 3.18. The Morgan fingerprint density at radius 2 is 1.20 bits per heavy atom. The second kappa shape index (κ2) is 6.30. The van der Waals surface area contributed by atoms with Crippen LogP contribution >= 0.6 is 0 Å². The van der Waals surface area contributed by atoms with E-state index in [9.17, 15) is 44.3 Å². The van der Waals surface area contributed by atoms with Gasteiger partial charge in [-0.1, -0.05) is 18.2 Å². The lowest BCUT2D eigenvalue weighted by atomic mass is 10.1. The predicted molar refractivity (Wildman–Crippen MR) is 69.8 cm³/mol. The molecule has 1 N–H and O–H groups in total. The second-order valence-corrected chi connectivity index (χ2v) is 6.79. The van der Waals surface area contributed by atoms with E-state index in [1.165, 1.54) is 6.07 Å². The highest BCUT2D eigenvalue weighted by atomic mass is 32.2. The Morgan fingerprint density at radius 1 is 0.800 bits per heavy atom. The van der Waals surface area contributed by atoms with Crippen molar-refractivity contribution in [1.29, 1.82) is 0 Å². The summed E-state index contributed by atoms with van der Waals surface area (Å²) in [6, 6.07) is 4.78. The van der Waals surface area contributed by atoms with Gasteiger partial charge in [-0.05, 0) is 12.1 Å². The Morgan fingerprint density at radius 3 is 1.64 bits per heavy atom. The topological polar surface area (TPSA) is 54.4 Å². The molecule has 0 heterocycles. The molecule has 2 aromatic carbocycles. The van der Waals surface area contributed by atoms with Crippen LogP contribution in [0.5, 0.6) is 0 Å². The zero-order chi connectivity index (χ0) is 19.2. The number of aliphatic hydroxyl groups is 1. The van der Waals surface area contributed by atoms with Crippen LogP contribution in [0.1, 0.15) is 11.7 Å². The average molecular weight is 388 g/mol. The Hall–Kier alpha value is -2.14. The molecule has 0 fully saturated rings. The minimum absolute atomic E-state index is 0.703. The van der Waals surface area contributed by atoms with Gasteiger partial charge < -0.3 is 5.11 Å². The molecule has 2 rings (SSSR count). The third-order valence-electron chi connectivity index (χ3n) is 3.25. The molecule has 0 amide bonds. The van der Waals surface area contributed by atoms with E-state index >= 15 is 0 Å². The zero-order valence-corrected chi connectivity index (χ0v) is 12.6. The largest absolute Gasteiger partial charge is 0.381 e. The summed E-state index contributed by atoms with van der Waals surface area (Å²) in [7, 11) is -5.71. The van der Waals surface area contributed by atoms with Crippen LogP contribution in [-0.2, 0) is 9.84 Å². The number of benzene rings is 2. The van der Waals surface area contributed by atoms with Gasteiger partial charge in [0, 0.05) is 0 Å². The third kappa shape index (κ3) is 2.86. The van der Waals surface area contributed by atoms with Crippen LogP contribution in [0.3, 0.4) is 0 Å². The molecule has 0 bridgehead atoms. The molecule has 0 spiro atoms. The van der Waals surface area contributed by atoms with Gasteiger partial charge in [-0.25, -0.2) is 30.4 Å². The minimum atomic E-state index is -5.71. The van der Waals surface area contributed by atoms with Crippen molar-refractivity contribution in [3.8, 4) is 0 Å². The summed E-state index contributed by atoms with van der Waals surface area (Å²) in [5.41, 5.74) is -2.35. The lowest BCUT2D eigenvalue weighted by Gasteiger charge is -2.24. The van der Waals surface area contributed by atoms with Crippen LogP contribution in [0, 0.1) is 29.1 Å². The van der Waals surface area contributed by atoms with E-state index in [0.717, 1.165) is 12.1 Å². The number of alkyl halides is 2. The summed E-state index contributed by atoms with van der Waals surface area (Å²) >= 11 is 0. The quantitative estimate of drug-likeness (QED) is 0.496. The summed E-state index contributed by atoms with van der Waals surface area (Å²) in [5.74, 6) is -13.3. The van der Waals surface area contributed by atoms with Gasteiger partial charge in [0.05, 0.1) is 10.5 Å². The van der Waals surface area contributed by atoms with E-state index in [1.54, 1.807) is 0 Å². The average Bonchev–Trinajstić information content (AvgIpc) is 2.58. The van der Waals surface area contributed by atoms with Gasteiger partial charge in [-0.3, -0.25) is 0 Å². The fourth-order valence-electron chi connectivity index (χ4n) is 1.93. The second-order valence-electron chi connectivity index (χ2n) is 4.76. The van der Waals surface area contributed by atoms with Crippen LogP contribution < -0.4 is 0 Å². The molecule has 0 aromatic heterocycles. The van der Waals surface area contributed by atoms with Crippen LogP contribution in [0.2, 0.25) is 0 Å². The van der Waals surface area contributed by atoms with Crippen molar-refractivity contribution in [2.75, 3.05) is 0 Å². The molecule has 0 aliphatic carbocycles. The Bertz CT molecular complexity index is 885. The molecule has 0 aliphatic rings. The number of halogens is 7. The Kier molecular flexibility index (Phi) is 4.83. The number of hydrogen-bond donors (Lipinski definition) is 1. The number of rotatable bonds is 4. The van der Waals surface area contributed by atoms with E-state index in [0.29, 0.717) is 12.1 Å². The lowest BCUT2D eigenvalue weighted by Crippen LogP contribution is -2.37. The summed E-state index contributed by atoms with van der Waals surface area (Å²) in [4.78, 5) is -1.03. The molecule has 0 saturated carbocycles. The maximum Gasteiger partial charge on any atom is 0.379 e. The first-order valence-electron chi connectivity index (χ1n) is 6.31. The molecule has 1 atom stereocenters. The molecule has 136 valence electrons. The van der Waals surface area contributed by atoms with Crippen molar-refractivity contribution in [3.63, 3.8) is 0 Å². The van der Waals surface area contributed by atoms with Gasteiger partial charge in [0.25, 0.3) is 0 Å². The minimum Gasteiger partial charge on any atom is -0.381 e. The monoisotopic (exact) mass is 388 g/mol. The molecule has 1 unspecified atom stereocenters. The van der Waals surface area contributed by atoms with Crippen molar-refractivity contribution >= 4 is 9.84 Å². The number of aliphatic hydroxyl groups excluding tert-OH is 1. The molecule has 2 aromatic rings. The number of hydrogen-bond acceptors (Lipinski definition) is 3. The van der Waals surface area contributed by atoms with Crippen LogP contribution in [0.25, 0.3) is 0 Å². The van der Waals surface area contributed by atoms with Crippen molar-refractivity contribution in [2.45, 2.75) is 16.3 Å². The molecule has 0 radical (unpaired) electrons. The van der Waals surface area contributed by atoms with E-state index in [2.05, 4.69) is 0 Å². The molecule has 25 heavy (non-hydrogen) atoms. The predicted octanol–water partition coefficient (Wildman–Crippen LogP) is 3.48. The maximum absolute atomic E-state index is 14.2. The first-order chi connectivity index (χ1) is 11.4. The van der Waals surface area contributed by atoms with E-state index in [4.69, 9.17) is 0 Å². The van der Waals surface area contributed by atoms with Gasteiger partial charge in [0.2, 0.25) is 15.7 Å². The summed E-state index contributed by atoms with van der Waals surface area (Å²) in [6.45, 7) is 0. The normalized spacial score (nSPS) is 13.8. The van der Waals surface area contributed by atoms with Crippen molar-refractivity contribution in [2.24, 2.45) is 0 Å². The van der Waals surface area contributed by atoms with Crippen molar-refractivity contribution < 1.29 is 44.3 Å². The summed E-state index contributed by atoms with van der Waals surface area (Å²) < 4.78 is 118. The SMILES string of the molecule is O=S(=O)(c1ccccc1)C(F)(F)C(O)c1c(F)c(F)c(F)c(F)c1F. The smallest absolute Gasteiger partial charge is 0.379 e. The lowest BCUT2D eigenvalue weighted by molar-refractivity contribution is -0.0475. The van der Waals surface area contributed by atoms with Gasteiger partial charge >= 0.3 is 5.25 Å². The van der Waals surface area contributed by atoms with Crippen LogP contribution in [0.4, 0.5) is 30.7 Å². The number of sulfone groups is 1. The summed E-state index contributed by atoms with van der Waals surface area (Å²) in [6.07, 6.45) is -3.85. The molecule has 11 heteroatoms. The van der Waals surface area contributed by atoms with Crippen LogP contribution in [0.15, 0.2) is 35.2 Å². The Balaban J connectivity index is 2.67. The Labute approximate surface area is 136 Å². The third-order valence-corrected chi connectivity index (χ3v) is 5.08. The van der Waals surface area contributed by atoms with Crippen LogP contribution in [-0.4, -0.2) is 18.8 Å². The summed E-state index contributed by atoms with van der Waals surface area (Å²) in [5, 5.41) is 4.20. The molecule has 0 saturated heterocycles. The standard InChI is InChI=1S/C14H7F7O3S/c15-8-7(9(16)11(18)12(19)10(8)17)13(22)14(20,21)25(23,24)6-4-2-1-3-5-6/h1-5,13,22H.